The van der Waals surface area contributed by atoms with Crippen molar-refractivity contribution in [1.82, 2.24) is 9.97 Å². The molecule has 1 rings (SSSR count). The summed E-state index contributed by atoms with van der Waals surface area (Å²) in [5.74, 6) is 2.38. The Morgan fingerprint density at radius 2 is 2.10 bits per heavy atom. The largest absolute Gasteiger partial charge is 0.383 e. The van der Waals surface area contributed by atoms with E-state index in [1.807, 2.05) is 20.0 Å². The lowest BCUT2D eigenvalue weighted by molar-refractivity contribution is 0.128. The molecule has 20 heavy (non-hydrogen) atoms. The average Bonchev–Trinajstić information content (AvgIpc) is 2.46. The number of aromatic nitrogens is 2. The van der Waals surface area contributed by atoms with Crippen LogP contribution >= 0.6 is 0 Å². The second kappa shape index (κ2) is 8.71. The maximum Gasteiger partial charge on any atom is 0.158 e. The van der Waals surface area contributed by atoms with Crippen LogP contribution in [0.2, 0.25) is 0 Å². The predicted molar refractivity (Wildman–Crippen MR) is 81.3 cm³/mol. The number of ether oxygens (including phenoxy) is 2. The highest BCUT2D eigenvalue weighted by Gasteiger charge is 2.16. The van der Waals surface area contributed by atoms with E-state index in [4.69, 9.17) is 9.47 Å². The first-order valence-electron chi connectivity index (χ1n) is 7.05. The lowest BCUT2D eigenvalue weighted by Crippen LogP contribution is -2.37. The smallest absolute Gasteiger partial charge is 0.158 e. The molecule has 0 fully saturated rings. The first kappa shape index (κ1) is 16.7. The predicted octanol–water partition coefficient (Wildman–Crippen LogP) is 1.92. The van der Waals surface area contributed by atoms with Gasteiger partial charge in [-0.2, -0.15) is 0 Å². The van der Waals surface area contributed by atoms with Crippen LogP contribution in [-0.2, 0) is 16.1 Å². The number of anilines is 2. The van der Waals surface area contributed by atoms with Crippen LogP contribution in [0, 0.1) is 0 Å². The molecule has 1 atom stereocenters. The van der Waals surface area contributed by atoms with E-state index in [0.29, 0.717) is 25.6 Å². The van der Waals surface area contributed by atoms with Crippen molar-refractivity contribution in [3.8, 4) is 0 Å². The van der Waals surface area contributed by atoms with Gasteiger partial charge >= 0.3 is 0 Å². The number of hydrogen-bond donors (Lipinski definition) is 1. The van der Waals surface area contributed by atoms with Gasteiger partial charge in [-0.1, -0.05) is 0 Å². The van der Waals surface area contributed by atoms with E-state index in [-0.39, 0.29) is 6.04 Å². The lowest BCUT2D eigenvalue weighted by Gasteiger charge is -2.29. The zero-order chi connectivity index (χ0) is 15.0. The third-order valence-electron chi connectivity index (χ3n) is 3.03. The van der Waals surface area contributed by atoms with Crippen LogP contribution in [-0.4, -0.2) is 49.9 Å². The fraction of sp³-hybridized carbons (Fsp3) is 0.714. The second-order valence-corrected chi connectivity index (χ2v) is 4.51. The van der Waals surface area contributed by atoms with Gasteiger partial charge in [-0.25, -0.2) is 9.97 Å². The third-order valence-corrected chi connectivity index (χ3v) is 3.03. The van der Waals surface area contributed by atoms with Crippen molar-refractivity contribution in [2.45, 2.75) is 33.4 Å². The zero-order valence-corrected chi connectivity index (χ0v) is 13.1. The molecule has 0 saturated carbocycles. The molecule has 1 aromatic rings. The minimum Gasteiger partial charge on any atom is -0.383 e. The Labute approximate surface area is 121 Å². The number of hydrogen-bond acceptors (Lipinski definition) is 6. The summed E-state index contributed by atoms with van der Waals surface area (Å²) in [6.07, 6.45) is 0. The van der Waals surface area contributed by atoms with Gasteiger partial charge < -0.3 is 19.7 Å². The topological polar surface area (TPSA) is 59.5 Å². The van der Waals surface area contributed by atoms with Crippen molar-refractivity contribution < 1.29 is 9.47 Å². The van der Waals surface area contributed by atoms with Gasteiger partial charge in [0.05, 0.1) is 12.6 Å². The van der Waals surface area contributed by atoms with Gasteiger partial charge in [-0.15, -0.1) is 0 Å². The van der Waals surface area contributed by atoms with E-state index >= 15 is 0 Å². The monoisotopic (exact) mass is 282 g/mol. The maximum atomic E-state index is 5.40. The van der Waals surface area contributed by atoms with Crippen molar-refractivity contribution in [1.29, 1.82) is 0 Å². The normalized spacial score (nSPS) is 12.2. The molecule has 0 spiro atoms. The number of likely N-dealkylation sites (N-methyl/N-ethyl adjacent to an activating group) is 1. The molecule has 114 valence electrons. The number of nitrogens with zero attached hydrogens (tertiary/aromatic N) is 3. The molecule has 1 unspecified atom stereocenters. The molecule has 0 aromatic carbocycles. The first-order valence-corrected chi connectivity index (χ1v) is 7.05. The Morgan fingerprint density at radius 3 is 2.65 bits per heavy atom. The summed E-state index contributed by atoms with van der Waals surface area (Å²) in [6.45, 7) is 8.79. The van der Waals surface area contributed by atoms with Gasteiger partial charge in [0.1, 0.15) is 18.2 Å². The Kier molecular flexibility index (Phi) is 7.25. The Morgan fingerprint density at radius 1 is 1.35 bits per heavy atom. The number of nitrogens with one attached hydrogen (secondary N) is 1. The molecule has 1 heterocycles. The minimum absolute atomic E-state index is 0.254. The highest BCUT2D eigenvalue weighted by molar-refractivity contribution is 5.49. The van der Waals surface area contributed by atoms with Crippen molar-refractivity contribution >= 4 is 11.6 Å². The minimum atomic E-state index is 0.254. The van der Waals surface area contributed by atoms with Crippen molar-refractivity contribution in [3.05, 3.63) is 11.9 Å². The highest BCUT2D eigenvalue weighted by Crippen LogP contribution is 2.18. The van der Waals surface area contributed by atoms with E-state index in [0.717, 1.165) is 18.2 Å². The van der Waals surface area contributed by atoms with E-state index in [1.54, 1.807) is 7.11 Å². The Hall–Kier alpha value is -1.40. The molecular weight excluding hydrogens is 256 g/mol. The fourth-order valence-electron chi connectivity index (χ4n) is 2.05. The molecule has 0 amide bonds. The molecule has 0 bridgehead atoms. The van der Waals surface area contributed by atoms with Gasteiger partial charge in [-0.3, -0.25) is 0 Å². The summed E-state index contributed by atoms with van der Waals surface area (Å²) in [4.78, 5) is 11.2. The molecule has 6 nitrogen and oxygen atoms in total. The van der Waals surface area contributed by atoms with Crippen LogP contribution < -0.4 is 10.2 Å². The summed E-state index contributed by atoms with van der Waals surface area (Å²) in [5, 5.41) is 3.07. The van der Waals surface area contributed by atoms with E-state index in [1.165, 1.54) is 0 Å². The lowest BCUT2D eigenvalue weighted by atomic mass is 10.3. The fourth-order valence-corrected chi connectivity index (χ4v) is 2.05. The van der Waals surface area contributed by atoms with E-state index < -0.39 is 0 Å². The van der Waals surface area contributed by atoms with E-state index in [9.17, 15) is 0 Å². The van der Waals surface area contributed by atoms with Crippen LogP contribution in [0.4, 0.5) is 11.6 Å². The van der Waals surface area contributed by atoms with E-state index in [2.05, 4.69) is 34.0 Å². The second-order valence-electron chi connectivity index (χ2n) is 4.51. The summed E-state index contributed by atoms with van der Waals surface area (Å²) < 4.78 is 10.6. The Bertz CT molecular complexity index is 401. The standard InChI is InChI=1S/C14H26N4O2/c1-6-18(11(3)9-19-5)14-8-12(15-4)16-13(17-14)10-20-7-2/h8,11H,6-7,9-10H2,1-5H3,(H,15,16,17). The average molecular weight is 282 g/mol. The molecule has 1 N–H and O–H groups in total. The summed E-state index contributed by atoms with van der Waals surface area (Å²) in [7, 11) is 3.56. The molecule has 0 aliphatic rings. The van der Waals surface area contributed by atoms with Crippen molar-refractivity contribution in [3.63, 3.8) is 0 Å². The summed E-state index contributed by atoms with van der Waals surface area (Å²) in [6, 6.07) is 2.20. The third kappa shape index (κ3) is 4.61. The van der Waals surface area contributed by atoms with Crippen LogP contribution in [0.1, 0.15) is 26.6 Å². The maximum absolute atomic E-state index is 5.40. The van der Waals surface area contributed by atoms with Gasteiger partial charge in [-0.05, 0) is 20.8 Å². The zero-order valence-electron chi connectivity index (χ0n) is 13.1. The van der Waals surface area contributed by atoms with Gasteiger partial charge in [0.25, 0.3) is 0 Å². The first-order chi connectivity index (χ1) is 9.65. The molecule has 0 radical (unpaired) electrons. The number of methoxy groups -OCH3 is 1. The van der Waals surface area contributed by atoms with Crippen LogP contribution in [0.25, 0.3) is 0 Å². The van der Waals surface area contributed by atoms with Gasteiger partial charge in [0.15, 0.2) is 5.82 Å². The molecule has 0 aliphatic heterocycles. The quantitative estimate of drug-likeness (QED) is 0.746. The van der Waals surface area contributed by atoms with Crippen molar-refractivity contribution in [2.75, 3.05) is 44.1 Å². The highest BCUT2D eigenvalue weighted by atomic mass is 16.5. The van der Waals surface area contributed by atoms with Crippen LogP contribution in [0.5, 0.6) is 0 Å². The van der Waals surface area contributed by atoms with Crippen LogP contribution in [0.3, 0.4) is 0 Å². The molecule has 0 aliphatic carbocycles. The Balaban J connectivity index is 3.00. The number of rotatable bonds is 9. The molecule has 1 aromatic heterocycles. The van der Waals surface area contributed by atoms with Crippen molar-refractivity contribution in [2.24, 2.45) is 0 Å². The molecule has 6 heteroatoms. The summed E-state index contributed by atoms with van der Waals surface area (Å²) in [5.41, 5.74) is 0. The SMILES string of the molecule is CCOCc1nc(NC)cc(N(CC)C(C)COC)n1. The van der Waals surface area contributed by atoms with Gasteiger partial charge in [0.2, 0.25) is 0 Å². The summed E-state index contributed by atoms with van der Waals surface area (Å²) >= 11 is 0. The van der Waals surface area contributed by atoms with Crippen LogP contribution in [0.15, 0.2) is 6.07 Å². The molecular formula is C14H26N4O2. The van der Waals surface area contributed by atoms with Gasteiger partial charge in [0, 0.05) is 33.4 Å². The molecule has 0 saturated heterocycles.